The predicted molar refractivity (Wildman–Crippen MR) is 74.7 cm³/mol. The van der Waals surface area contributed by atoms with Crippen molar-refractivity contribution < 1.29 is 4.74 Å². The molecule has 0 radical (unpaired) electrons. The van der Waals surface area contributed by atoms with E-state index in [1.54, 1.807) is 7.11 Å². The van der Waals surface area contributed by atoms with Crippen molar-refractivity contribution >= 4 is 0 Å². The molecule has 0 aliphatic carbocycles. The first-order valence-corrected chi connectivity index (χ1v) is 6.15. The Morgan fingerprint density at radius 2 is 1.95 bits per heavy atom. The van der Waals surface area contributed by atoms with Crippen LogP contribution >= 0.6 is 0 Å². The Bertz CT molecular complexity index is 587. The van der Waals surface area contributed by atoms with Crippen molar-refractivity contribution in [1.29, 1.82) is 5.26 Å². The number of hydrogen-bond acceptors (Lipinski definition) is 3. The molecule has 96 valence electrons. The highest BCUT2D eigenvalue weighted by atomic mass is 16.5. The molecule has 0 aliphatic heterocycles. The quantitative estimate of drug-likeness (QED) is 0.890. The van der Waals surface area contributed by atoms with Crippen LogP contribution in [0.25, 0.3) is 0 Å². The van der Waals surface area contributed by atoms with Crippen molar-refractivity contribution in [2.45, 2.75) is 13.1 Å². The van der Waals surface area contributed by atoms with Gasteiger partial charge in [-0.2, -0.15) is 5.26 Å². The van der Waals surface area contributed by atoms with Crippen LogP contribution < -0.4 is 10.1 Å². The fourth-order valence-corrected chi connectivity index (χ4v) is 1.94. The molecule has 0 spiro atoms. The van der Waals surface area contributed by atoms with E-state index in [-0.39, 0.29) is 0 Å². The van der Waals surface area contributed by atoms with E-state index in [2.05, 4.69) is 11.4 Å². The van der Waals surface area contributed by atoms with Crippen LogP contribution in [0.5, 0.6) is 5.75 Å². The van der Waals surface area contributed by atoms with Gasteiger partial charge in [-0.05, 0) is 23.8 Å². The molecule has 0 saturated heterocycles. The highest BCUT2D eigenvalue weighted by Gasteiger charge is 2.01. The Kier molecular flexibility index (Phi) is 4.54. The van der Waals surface area contributed by atoms with Gasteiger partial charge in [-0.25, -0.2) is 0 Å². The first kappa shape index (κ1) is 13.1. The molecular weight excluding hydrogens is 236 g/mol. The van der Waals surface area contributed by atoms with Gasteiger partial charge in [0.15, 0.2) is 0 Å². The minimum absolute atomic E-state index is 0.691. The SMILES string of the molecule is COc1ccccc1CNCc1cccc(C#N)c1. The van der Waals surface area contributed by atoms with Gasteiger partial charge in [-0.3, -0.25) is 0 Å². The average molecular weight is 252 g/mol. The largest absolute Gasteiger partial charge is 0.496 e. The summed E-state index contributed by atoms with van der Waals surface area (Å²) in [7, 11) is 1.68. The summed E-state index contributed by atoms with van der Waals surface area (Å²) in [6, 6.07) is 17.7. The summed E-state index contributed by atoms with van der Waals surface area (Å²) in [5, 5.41) is 12.2. The molecule has 0 amide bonds. The van der Waals surface area contributed by atoms with Gasteiger partial charge in [0.2, 0.25) is 0 Å². The molecule has 2 rings (SSSR count). The Morgan fingerprint density at radius 1 is 1.11 bits per heavy atom. The molecule has 2 aromatic rings. The lowest BCUT2D eigenvalue weighted by atomic mass is 10.1. The van der Waals surface area contributed by atoms with Gasteiger partial charge in [0, 0.05) is 18.7 Å². The van der Waals surface area contributed by atoms with Crippen molar-refractivity contribution in [3.8, 4) is 11.8 Å². The van der Waals surface area contributed by atoms with E-state index in [0.29, 0.717) is 5.56 Å². The topological polar surface area (TPSA) is 45.0 Å². The molecule has 0 aliphatic rings. The summed E-state index contributed by atoms with van der Waals surface area (Å²) >= 11 is 0. The molecule has 1 N–H and O–H groups in total. The number of para-hydroxylation sites is 1. The summed E-state index contributed by atoms with van der Waals surface area (Å²) in [6.45, 7) is 1.47. The van der Waals surface area contributed by atoms with Crippen LogP contribution in [0.15, 0.2) is 48.5 Å². The number of nitrogens with one attached hydrogen (secondary N) is 1. The number of nitrogens with zero attached hydrogens (tertiary/aromatic N) is 1. The second-order valence-corrected chi connectivity index (χ2v) is 4.23. The monoisotopic (exact) mass is 252 g/mol. The van der Waals surface area contributed by atoms with Crippen LogP contribution in [0, 0.1) is 11.3 Å². The van der Waals surface area contributed by atoms with E-state index < -0.39 is 0 Å². The third-order valence-electron chi connectivity index (χ3n) is 2.89. The van der Waals surface area contributed by atoms with Crippen molar-refractivity contribution in [3.63, 3.8) is 0 Å². The fraction of sp³-hybridized carbons (Fsp3) is 0.188. The van der Waals surface area contributed by atoms with Gasteiger partial charge in [0.05, 0.1) is 18.7 Å². The molecule has 0 saturated carbocycles. The lowest BCUT2D eigenvalue weighted by Gasteiger charge is -2.09. The number of rotatable bonds is 5. The predicted octanol–water partition coefficient (Wildman–Crippen LogP) is 2.86. The minimum Gasteiger partial charge on any atom is -0.496 e. The minimum atomic E-state index is 0.691. The Morgan fingerprint density at radius 3 is 2.74 bits per heavy atom. The van der Waals surface area contributed by atoms with E-state index in [1.165, 1.54) is 0 Å². The summed E-state index contributed by atoms with van der Waals surface area (Å²) in [4.78, 5) is 0. The standard InChI is InChI=1S/C16H16N2O/c1-19-16-8-3-2-7-15(16)12-18-11-14-6-4-5-13(9-14)10-17/h2-9,18H,11-12H2,1H3. The maximum absolute atomic E-state index is 8.85. The molecule has 0 heterocycles. The molecule has 0 bridgehead atoms. The van der Waals surface area contributed by atoms with E-state index in [4.69, 9.17) is 10.00 Å². The van der Waals surface area contributed by atoms with Crippen LogP contribution in [0.4, 0.5) is 0 Å². The summed E-state index contributed by atoms with van der Waals surface area (Å²) in [5.74, 6) is 0.890. The third kappa shape index (κ3) is 3.57. The highest BCUT2D eigenvalue weighted by molar-refractivity contribution is 5.34. The number of hydrogen-bond donors (Lipinski definition) is 1. The van der Waals surface area contributed by atoms with Crippen molar-refractivity contribution in [2.24, 2.45) is 0 Å². The fourth-order valence-electron chi connectivity index (χ4n) is 1.94. The van der Waals surface area contributed by atoms with E-state index in [0.717, 1.165) is 30.0 Å². The Hall–Kier alpha value is -2.31. The zero-order valence-corrected chi connectivity index (χ0v) is 10.9. The first-order valence-electron chi connectivity index (χ1n) is 6.15. The maximum atomic E-state index is 8.85. The molecule has 2 aromatic carbocycles. The van der Waals surface area contributed by atoms with Crippen molar-refractivity contribution in [2.75, 3.05) is 7.11 Å². The van der Waals surface area contributed by atoms with Gasteiger partial charge in [0.25, 0.3) is 0 Å². The van der Waals surface area contributed by atoms with Gasteiger partial charge < -0.3 is 10.1 Å². The summed E-state index contributed by atoms with van der Waals surface area (Å²) in [6.07, 6.45) is 0. The van der Waals surface area contributed by atoms with Gasteiger partial charge in [-0.1, -0.05) is 30.3 Å². The second kappa shape index (κ2) is 6.58. The van der Waals surface area contributed by atoms with Gasteiger partial charge >= 0.3 is 0 Å². The van der Waals surface area contributed by atoms with Crippen LogP contribution in [0.1, 0.15) is 16.7 Å². The number of nitriles is 1. The van der Waals surface area contributed by atoms with Crippen molar-refractivity contribution in [1.82, 2.24) is 5.32 Å². The van der Waals surface area contributed by atoms with Crippen LogP contribution in [-0.2, 0) is 13.1 Å². The molecule has 3 nitrogen and oxygen atoms in total. The average Bonchev–Trinajstić information content (AvgIpc) is 2.48. The molecular formula is C16H16N2O. The van der Waals surface area contributed by atoms with Crippen molar-refractivity contribution in [3.05, 3.63) is 65.2 Å². The Balaban J connectivity index is 1.94. The van der Waals surface area contributed by atoms with Crippen LogP contribution in [0.2, 0.25) is 0 Å². The smallest absolute Gasteiger partial charge is 0.123 e. The van der Waals surface area contributed by atoms with E-state index >= 15 is 0 Å². The summed E-state index contributed by atoms with van der Waals surface area (Å²) < 4.78 is 5.30. The number of methoxy groups -OCH3 is 1. The molecule has 19 heavy (non-hydrogen) atoms. The maximum Gasteiger partial charge on any atom is 0.123 e. The first-order chi connectivity index (χ1) is 9.33. The van der Waals surface area contributed by atoms with Crippen LogP contribution in [0.3, 0.4) is 0 Å². The second-order valence-electron chi connectivity index (χ2n) is 4.23. The molecule has 0 atom stereocenters. The highest BCUT2D eigenvalue weighted by Crippen LogP contribution is 2.16. The van der Waals surface area contributed by atoms with E-state index in [9.17, 15) is 0 Å². The third-order valence-corrected chi connectivity index (χ3v) is 2.89. The lowest BCUT2D eigenvalue weighted by molar-refractivity contribution is 0.407. The summed E-state index contributed by atoms with van der Waals surface area (Å²) in [5.41, 5.74) is 2.92. The zero-order chi connectivity index (χ0) is 13.5. The van der Waals surface area contributed by atoms with E-state index in [1.807, 2.05) is 48.5 Å². The number of benzene rings is 2. The molecule has 0 fully saturated rings. The van der Waals surface area contributed by atoms with Gasteiger partial charge in [-0.15, -0.1) is 0 Å². The zero-order valence-electron chi connectivity index (χ0n) is 10.9. The Labute approximate surface area is 113 Å². The lowest BCUT2D eigenvalue weighted by Crippen LogP contribution is -2.13. The molecule has 0 aromatic heterocycles. The molecule has 3 heteroatoms. The number of ether oxygens (including phenoxy) is 1. The normalized spacial score (nSPS) is 9.89. The van der Waals surface area contributed by atoms with Crippen LogP contribution in [-0.4, -0.2) is 7.11 Å². The van der Waals surface area contributed by atoms with Gasteiger partial charge in [0.1, 0.15) is 5.75 Å². The molecule has 0 unspecified atom stereocenters.